The molecular weight excluding hydrogens is 498 g/mol. The quantitative estimate of drug-likeness (QED) is 0.532. The first-order valence-electron chi connectivity index (χ1n) is 13.1. The minimum Gasteiger partial charge on any atom is -0.497 e. The van der Waals surface area contributed by atoms with Gasteiger partial charge in [-0.3, -0.25) is 4.79 Å². The summed E-state index contributed by atoms with van der Waals surface area (Å²) in [6, 6.07) is 20.6. The van der Waals surface area contributed by atoms with Crippen molar-refractivity contribution >= 4 is 5.91 Å². The highest BCUT2D eigenvalue weighted by Crippen LogP contribution is 2.71. The Bertz CT molecular complexity index is 1500. The number of carbonyl (C=O) groups excluding carboxylic acids is 1. The van der Waals surface area contributed by atoms with Gasteiger partial charge in [0.15, 0.2) is 17.4 Å². The van der Waals surface area contributed by atoms with Crippen LogP contribution in [0.5, 0.6) is 23.0 Å². The topological polar surface area (TPSA) is 86.7 Å². The molecule has 8 heteroatoms. The van der Waals surface area contributed by atoms with Gasteiger partial charge in [0, 0.05) is 30.7 Å². The van der Waals surface area contributed by atoms with Gasteiger partial charge in [0.2, 0.25) is 0 Å². The number of aliphatic hydroxyl groups is 1. The van der Waals surface area contributed by atoms with Crippen LogP contribution in [-0.2, 0) is 20.7 Å². The summed E-state index contributed by atoms with van der Waals surface area (Å²) in [4.78, 5) is 16.0. The minimum atomic E-state index is -1.88. The zero-order chi connectivity index (χ0) is 26.9. The Morgan fingerprint density at radius 2 is 1.69 bits per heavy atom. The molecule has 4 aliphatic rings. The van der Waals surface area contributed by atoms with Crippen LogP contribution in [0.25, 0.3) is 0 Å². The molecule has 7 rings (SSSR count). The van der Waals surface area contributed by atoms with Crippen LogP contribution in [0.4, 0.5) is 0 Å². The number of ether oxygens (including phenoxy) is 5. The van der Waals surface area contributed by atoms with Gasteiger partial charge in [0.25, 0.3) is 5.91 Å². The van der Waals surface area contributed by atoms with Crippen molar-refractivity contribution in [3.8, 4) is 23.0 Å². The highest BCUT2D eigenvalue weighted by molar-refractivity contribution is 5.99. The molecule has 3 heterocycles. The lowest BCUT2D eigenvalue weighted by atomic mass is 9.69. The second kappa shape index (κ2) is 8.41. The summed E-state index contributed by atoms with van der Waals surface area (Å²) >= 11 is 0. The van der Waals surface area contributed by atoms with E-state index in [-0.39, 0.29) is 11.7 Å². The molecule has 39 heavy (non-hydrogen) atoms. The van der Waals surface area contributed by atoms with Gasteiger partial charge in [-0.05, 0) is 24.1 Å². The number of methoxy groups -OCH3 is 3. The van der Waals surface area contributed by atoms with Gasteiger partial charge in [-0.1, -0.05) is 42.5 Å². The third-order valence-corrected chi connectivity index (χ3v) is 8.53. The molecule has 0 aromatic heterocycles. The Kier molecular flexibility index (Phi) is 5.16. The van der Waals surface area contributed by atoms with E-state index in [2.05, 4.69) is 0 Å². The Balaban J connectivity index is 1.59. The Hall–Kier alpha value is -4.17. The highest BCUT2D eigenvalue weighted by Gasteiger charge is 2.76. The van der Waals surface area contributed by atoms with Crippen molar-refractivity contribution in [3.05, 3.63) is 94.8 Å². The second-order valence-electron chi connectivity index (χ2n) is 10.3. The monoisotopic (exact) mass is 527 g/mol. The normalized spacial score (nSPS) is 28.2. The maximum Gasteiger partial charge on any atom is 0.256 e. The predicted molar refractivity (Wildman–Crippen MR) is 141 cm³/mol. The molecule has 1 saturated heterocycles. The van der Waals surface area contributed by atoms with Gasteiger partial charge < -0.3 is 33.7 Å². The van der Waals surface area contributed by atoms with E-state index in [4.69, 9.17) is 23.7 Å². The van der Waals surface area contributed by atoms with Crippen LogP contribution in [-0.4, -0.2) is 50.0 Å². The first kappa shape index (κ1) is 23.9. The maximum absolute atomic E-state index is 14.2. The molecule has 200 valence electrons. The molecule has 8 nitrogen and oxygen atoms in total. The van der Waals surface area contributed by atoms with Crippen LogP contribution in [0.3, 0.4) is 0 Å². The number of nitrogens with zero attached hydrogens (tertiary/aromatic N) is 1. The van der Waals surface area contributed by atoms with Crippen molar-refractivity contribution < 1.29 is 33.6 Å². The average molecular weight is 528 g/mol. The summed E-state index contributed by atoms with van der Waals surface area (Å²) in [6.45, 7) is 0.605. The number of fused-ring (bicyclic) bond motifs is 5. The molecule has 3 aromatic carbocycles. The lowest BCUT2D eigenvalue weighted by molar-refractivity contribution is -0.148. The van der Waals surface area contributed by atoms with Crippen molar-refractivity contribution in [3.63, 3.8) is 0 Å². The van der Waals surface area contributed by atoms with Crippen LogP contribution in [0, 0.1) is 0 Å². The van der Waals surface area contributed by atoms with Gasteiger partial charge in [0.05, 0.1) is 38.4 Å². The van der Waals surface area contributed by atoms with Gasteiger partial charge in [-0.2, -0.15) is 0 Å². The molecule has 3 aromatic rings. The SMILES string of the molecule is COc1ccc([C@@]23Oc4cc(OC)cc(OC)c4[C@]2(O)C2=C(C(=O)N4CCC[C@H]4O2)[C@H]3c2ccccc2)cc1. The molecule has 4 atom stereocenters. The van der Waals surface area contributed by atoms with Gasteiger partial charge in [0.1, 0.15) is 28.8 Å². The van der Waals surface area contributed by atoms with Crippen LogP contribution >= 0.6 is 0 Å². The third kappa shape index (κ3) is 2.95. The molecule has 1 amide bonds. The molecule has 0 bridgehead atoms. The highest BCUT2D eigenvalue weighted by atomic mass is 16.6. The van der Waals surface area contributed by atoms with E-state index >= 15 is 0 Å². The van der Waals surface area contributed by atoms with Gasteiger partial charge in [-0.25, -0.2) is 0 Å². The summed E-state index contributed by atoms with van der Waals surface area (Å²) in [7, 11) is 4.71. The van der Waals surface area contributed by atoms with Crippen molar-refractivity contribution in [1.82, 2.24) is 4.90 Å². The summed E-state index contributed by atoms with van der Waals surface area (Å²) in [6.07, 6.45) is 1.08. The molecule has 1 aliphatic carbocycles. The number of hydrogen-bond acceptors (Lipinski definition) is 7. The van der Waals surface area contributed by atoms with E-state index in [1.165, 1.54) is 7.11 Å². The van der Waals surface area contributed by atoms with E-state index in [1.54, 1.807) is 31.3 Å². The van der Waals surface area contributed by atoms with E-state index in [0.717, 1.165) is 12.0 Å². The lowest BCUT2D eigenvalue weighted by Gasteiger charge is -2.41. The number of amides is 1. The fourth-order valence-electron chi connectivity index (χ4n) is 6.87. The summed E-state index contributed by atoms with van der Waals surface area (Å²) in [5, 5.41) is 13.2. The summed E-state index contributed by atoms with van der Waals surface area (Å²) in [5.74, 6) is 1.36. The standard InChI is InChI=1S/C31H29NO7/c1-35-20-13-11-19(12-14-20)31-26(18-8-5-4-6-9-18)25-28(38-24-10-7-15-32(24)29(25)33)30(31,34)27-22(37-3)16-21(36-2)17-23(27)39-31/h4-6,8-9,11-14,16-17,24,26,34H,7,10,15H2,1-3H3/t24-,26-,30+,31+/m1/s1. The molecular formula is C31H29NO7. The fourth-order valence-corrected chi connectivity index (χ4v) is 6.87. The zero-order valence-corrected chi connectivity index (χ0v) is 22.0. The van der Waals surface area contributed by atoms with Crippen LogP contribution in [0.1, 0.15) is 35.4 Å². The van der Waals surface area contributed by atoms with Crippen molar-refractivity contribution in [1.29, 1.82) is 0 Å². The average Bonchev–Trinajstić information content (AvgIpc) is 3.62. The predicted octanol–water partition coefficient (Wildman–Crippen LogP) is 4.22. The van der Waals surface area contributed by atoms with Crippen molar-refractivity contribution in [2.45, 2.75) is 36.2 Å². The number of carbonyl (C=O) groups is 1. The Labute approximate surface area is 226 Å². The van der Waals surface area contributed by atoms with Crippen LogP contribution < -0.4 is 18.9 Å². The first-order valence-corrected chi connectivity index (χ1v) is 13.1. The van der Waals surface area contributed by atoms with E-state index < -0.39 is 23.3 Å². The van der Waals surface area contributed by atoms with Crippen molar-refractivity contribution in [2.75, 3.05) is 27.9 Å². The maximum atomic E-state index is 14.2. The van der Waals surface area contributed by atoms with Gasteiger partial charge in [-0.15, -0.1) is 0 Å². The van der Waals surface area contributed by atoms with Crippen LogP contribution in [0.15, 0.2) is 78.1 Å². The second-order valence-corrected chi connectivity index (χ2v) is 10.3. The molecule has 0 spiro atoms. The Morgan fingerprint density at radius 1 is 0.949 bits per heavy atom. The number of benzene rings is 3. The minimum absolute atomic E-state index is 0.138. The van der Waals surface area contributed by atoms with Crippen LogP contribution in [0.2, 0.25) is 0 Å². The first-order chi connectivity index (χ1) is 19.0. The lowest BCUT2D eigenvalue weighted by Crippen LogP contribution is -2.50. The molecule has 1 fully saturated rings. The zero-order valence-electron chi connectivity index (χ0n) is 22.0. The van der Waals surface area contributed by atoms with E-state index in [0.29, 0.717) is 52.7 Å². The number of rotatable bonds is 5. The largest absolute Gasteiger partial charge is 0.497 e. The third-order valence-electron chi connectivity index (χ3n) is 8.53. The molecule has 1 N–H and O–H groups in total. The van der Waals surface area contributed by atoms with E-state index in [9.17, 15) is 9.90 Å². The summed E-state index contributed by atoms with van der Waals surface area (Å²) in [5.41, 5.74) is -1.06. The molecule has 0 saturated carbocycles. The van der Waals surface area contributed by atoms with Crippen molar-refractivity contribution in [2.24, 2.45) is 0 Å². The van der Waals surface area contributed by atoms with Gasteiger partial charge >= 0.3 is 0 Å². The smallest absolute Gasteiger partial charge is 0.256 e. The number of hydrogen-bond donors (Lipinski definition) is 1. The molecule has 3 aliphatic heterocycles. The molecule has 0 unspecified atom stereocenters. The van der Waals surface area contributed by atoms with E-state index in [1.807, 2.05) is 54.6 Å². The fraction of sp³-hybridized carbons (Fsp3) is 0.323. The Morgan fingerprint density at radius 3 is 2.38 bits per heavy atom. The summed E-state index contributed by atoms with van der Waals surface area (Å²) < 4.78 is 30.4. The molecule has 0 radical (unpaired) electrons.